The molecule has 2 aromatic rings. The average Bonchev–Trinajstić information content (AvgIpc) is 2.81. The van der Waals surface area contributed by atoms with Crippen LogP contribution in [0.25, 0.3) is 0 Å². The number of thiophene rings is 1. The zero-order valence-electron chi connectivity index (χ0n) is 10.5. The van der Waals surface area contributed by atoms with E-state index >= 15 is 0 Å². The second-order valence-corrected chi connectivity index (χ2v) is 7.06. The Hall–Kier alpha value is -0.410. The molecule has 0 fully saturated rings. The van der Waals surface area contributed by atoms with Crippen molar-refractivity contribution in [3.05, 3.63) is 54.6 Å². The van der Waals surface area contributed by atoms with Crippen molar-refractivity contribution in [2.75, 3.05) is 0 Å². The number of halogens is 5. The second-order valence-electron chi connectivity index (χ2n) is 4.35. The molecule has 2 rings (SSSR count). The van der Waals surface area contributed by atoms with Crippen LogP contribution in [0.15, 0.2) is 38.6 Å². The Bertz CT molecular complexity index is 628. The highest BCUT2D eigenvalue weighted by Crippen LogP contribution is 2.35. The molecule has 114 valence electrons. The topological polar surface area (TPSA) is 38.0 Å². The molecule has 1 aromatic carbocycles. The summed E-state index contributed by atoms with van der Waals surface area (Å²) in [5, 5.41) is 1.91. The maximum Gasteiger partial charge on any atom is 0.416 e. The summed E-state index contributed by atoms with van der Waals surface area (Å²) in [6, 6.07) is 5.04. The molecule has 1 unspecified atom stereocenters. The van der Waals surface area contributed by atoms with Crippen molar-refractivity contribution in [3.8, 4) is 0 Å². The van der Waals surface area contributed by atoms with Crippen LogP contribution < -0.4 is 11.3 Å². The van der Waals surface area contributed by atoms with Crippen LogP contribution in [0.4, 0.5) is 13.2 Å². The minimum absolute atomic E-state index is 0.420. The fourth-order valence-electron chi connectivity index (χ4n) is 1.90. The van der Waals surface area contributed by atoms with Crippen molar-refractivity contribution < 1.29 is 13.2 Å². The van der Waals surface area contributed by atoms with E-state index in [2.05, 4.69) is 37.3 Å². The summed E-state index contributed by atoms with van der Waals surface area (Å²) >= 11 is 8.22. The molecule has 0 aliphatic rings. The van der Waals surface area contributed by atoms with Gasteiger partial charge < -0.3 is 0 Å². The minimum Gasteiger partial charge on any atom is -0.271 e. The van der Waals surface area contributed by atoms with E-state index in [-0.39, 0.29) is 0 Å². The maximum absolute atomic E-state index is 12.8. The van der Waals surface area contributed by atoms with Gasteiger partial charge in [0.05, 0.1) is 11.6 Å². The highest BCUT2D eigenvalue weighted by atomic mass is 79.9. The van der Waals surface area contributed by atoms with E-state index in [1.807, 2.05) is 11.4 Å². The van der Waals surface area contributed by atoms with Crippen molar-refractivity contribution >= 4 is 43.2 Å². The molecule has 0 bridgehead atoms. The van der Waals surface area contributed by atoms with Crippen LogP contribution in [0.2, 0.25) is 0 Å². The van der Waals surface area contributed by atoms with Gasteiger partial charge in [-0.3, -0.25) is 11.3 Å². The molecule has 8 heteroatoms. The number of alkyl halides is 3. The Morgan fingerprint density at radius 2 is 1.90 bits per heavy atom. The van der Waals surface area contributed by atoms with Gasteiger partial charge in [-0.1, -0.05) is 15.9 Å². The molecule has 3 N–H and O–H groups in total. The Labute approximate surface area is 140 Å². The van der Waals surface area contributed by atoms with Gasteiger partial charge in [-0.05, 0) is 51.1 Å². The first-order valence-corrected chi connectivity index (χ1v) is 8.34. The second kappa shape index (κ2) is 6.78. The van der Waals surface area contributed by atoms with Crippen LogP contribution in [0.3, 0.4) is 0 Å². The standard InChI is InChI=1S/C13H11Br2F3N2S/c14-9-2-1-7(13(16,17)18)5-8(9)11(20-19)6-12-10(15)3-4-21-12/h1-5,11,20H,6,19H2. The molecule has 0 saturated carbocycles. The van der Waals surface area contributed by atoms with Crippen molar-refractivity contribution in [3.63, 3.8) is 0 Å². The van der Waals surface area contributed by atoms with Crippen LogP contribution in [0.5, 0.6) is 0 Å². The molecule has 1 heterocycles. The lowest BCUT2D eigenvalue weighted by Gasteiger charge is -2.19. The van der Waals surface area contributed by atoms with Crippen molar-refractivity contribution in [1.82, 2.24) is 5.43 Å². The molecule has 0 saturated heterocycles. The molecule has 2 nitrogen and oxygen atoms in total. The van der Waals surface area contributed by atoms with E-state index < -0.39 is 17.8 Å². The van der Waals surface area contributed by atoms with Crippen LogP contribution in [0, 0.1) is 0 Å². The van der Waals surface area contributed by atoms with Crippen LogP contribution in [-0.4, -0.2) is 0 Å². The fraction of sp³-hybridized carbons (Fsp3) is 0.231. The van der Waals surface area contributed by atoms with Gasteiger partial charge in [0.1, 0.15) is 0 Å². The molecule has 0 spiro atoms. The maximum atomic E-state index is 12.8. The van der Waals surface area contributed by atoms with E-state index in [9.17, 15) is 13.2 Å². The molecule has 1 aromatic heterocycles. The van der Waals surface area contributed by atoms with Crippen molar-refractivity contribution in [1.29, 1.82) is 0 Å². The zero-order valence-corrected chi connectivity index (χ0v) is 14.5. The van der Waals surface area contributed by atoms with E-state index in [0.29, 0.717) is 16.5 Å². The lowest BCUT2D eigenvalue weighted by molar-refractivity contribution is -0.137. The van der Waals surface area contributed by atoms with Gasteiger partial charge in [-0.2, -0.15) is 13.2 Å². The van der Waals surface area contributed by atoms with Gasteiger partial charge in [-0.15, -0.1) is 11.3 Å². The monoisotopic (exact) mass is 442 g/mol. The smallest absolute Gasteiger partial charge is 0.271 e. The van der Waals surface area contributed by atoms with Crippen molar-refractivity contribution in [2.24, 2.45) is 5.84 Å². The summed E-state index contributed by atoms with van der Waals surface area (Å²) in [5.41, 5.74) is 2.38. The third-order valence-electron chi connectivity index (χ3n) is 2.98. The molecular weight excluding hydrogens is 433 g/mol. The van der Waals surface area contributed by atoms with Gasteiger partial charge >= 0.3 is 6.18 Å². The number of hydrogen-bond acceptors (Lipinski definition) is 3. The van der Waals surface area contributed by atoms with Gasteiger partial charge in [-0.25, -0.2) is 0 Å². The number of benzene rings is 1. The summed E-state index contributed by atoms with van der Waals surface area (Å²) in [6.07, 6.45) is -3.88. The molecule has 0 radical (unpaired) electrons. The first kappa shape index (κ1) is 17.0. The largest absolute Gasteiger partial charge is 0.416 e. The number of nitrogens with two attached hydrogens (primary N) is 1. The summed E-state index contributed by atoms with van der Waals surface area (Å²) in [5.74, 6) is 5.54. The first-order valence-electron chi connectivity index (χ1n) is 5.87. The number of rotatable bonds is 4. The van der Waals surface area contributed by atoms with Gasteiger partial charge in [0, 0.05) is 20.2 Å². The lowest BCUT2D eigenvalue weighted by atomic mass is 10.0. The van der Waals surface area contributed by atoms with Crippen LogP contribution in [0.1, 0.15) is 22.0 Å². The Kier molecular flexibility index (Phi) is 5.48. The Morgan fingerprint density at radius 3 is 2.43 bits per heavy atom. The van der Waals surface area contributed by atoms with E-state index in [1.165, 1.54) is 17.4 Å². The molecular formula is C13H11Br2F3N2S. The molecule has 0 aliphatic heterocycles. The highest BCUT2D eigenvalue weighted by molar-refractivity contribution is 9.10. The predicted octanol–water partition coefficient (Wildman–Crippen LogP) is 5.04. The van der Waals surface area contributed by atoms with Crippen LogP contribution >= 0.6 is 43.2 Å². The van der Waals surface area contributed by atoms with E-state index in [1.54, 1.807) is 0 Å². The predicted molar refractivity (Wildman–Crippen MR) is 84.9 cm³/mol. The quantitative estimate of drug-likeness (QED) is 0.513. The van der Waals surface area contributed by atoms with Gasteiger partial charge in [0.25, 0.3) is 0 Å². The third kappa shape index (κ3) is 4.07. The highest BCUT2D eigenvalue weighted by Gasteiger charge is 2.31. The summed E-state index contributed by atoms with van der Waals surface area (Å²) in [6.45, 7) is 0. The number of nitrogens with one attached hydrogen (secondary N) is 1. The lowest BCUT2D eigenvalue weighted by Crippen LogP contribution is -2.30. The number of hydrazine groups is 1. The van der Waals surface area contributed by atoms with Crippen LogP contribution in [-0.2, 0) is 12.6 Å². The van der Waals surface area contributed by atoms with Gasteiger partial charge in [0.15, 0.2) is 0 Å². The van der Waals surface area contributed by atoms with E-state index in [4.69, 9.17) is 5.84 Å². The Morgan fingerprint density at radius 1 is 1.19 bits per heavy atom. The molecule has 0 aliphatic carbocycles. The first-order chi connectivity index (χ1) is 9.82. The summed E-state index contributed by atoms with van der Waals surface area (Å²) in [7, 11) is 0. The molecule has 0 amide bonds. The minimum atomic E-state index is -4.38. The molecule has 1 atom stereocenters. The summed E-state index contributed by atoms with van der Waals surface area (Å²) in [4.78, 5) is 1.02. The normalized spacial score (nSPS) is 13.4. The zero-order chi connectivity index (χ0) is 15.6. The van der Waals surface area contributed by atoms with Gasteiger partial charge in [0.2, 0.25) is 0 Å². The number of hydrogen-bond donors (Lipinski definition) is 2. The van der Waals surface area contributed by atoms with Crippen molar-refractivity contribution in [2.45, 2.75) is 18.6 Å². The SMILES string of the molecule is NNC(Cc1sccc1Br)c1cc(C(F)(F)F)ccc1Br. The Balaban J connectivity index is 2.35. The van der Waals surface area contributed by atoms with E-state index in [0.717, 1.165) is 21.5 Å². The summed E-state index contributed by atoms with van der Waals surface area (Å²) < 4.78 is 40.0. The third-order valence-corrected chi connectivity index (χ3v) is 5.65. The average molecular weight is 444 g/mol. The molecule has 21 heavy (non-hydrogen) atoms. The fourth-order valence-corrected chi connectivity index (χ4v) is 3.99.